The summed E-state index contributed by atoms with van der Waals surface area (Å²) in [5.74, 6) is -1.91. The Labute approximate surface area is 132 Å². The van der Waals surface area contributed by atoms with Crippen LogP contribution in [-0.2, 0) is 6.42 Å². The largest absolute Gasteiger partial charge is 0.492 e. The molecule has 21 heavy (non-hydrogen) atoms. The average Bonchev–Trinajstić information content (AvgIpc) is 2.89. The summed E-state index contributed by atoms with van der Waals surface area (Å²) in [6, 6.07) is 4.99. The molecule has 0 fully saturated rings. The summed E-state index contributed by atoms with van der Waals surface area (Å²) in [7, 11) is 0. The maximum atomic E-state index is 13.9. The summed E-state index contributed by atoms with van der Waals surface area (Å²) >= 11 is 8.80. The van der Waals surface area contributed by atoms with Crippen molar-refractivity contribution in [2.75, 3.05) is 6.61 Å². The fourth-order valence-corrected chi connectivity index (χ4v) is 2.94. The molecule has 0 unspecified atom stereocenters. The molecule has 0 saturated carbocycles. The van der Waals surface area contributed by atoms with Crippen molar-refractivity contribution in [2.24, 2.45) is 0 Å². The maximum Gasteiger partial charge on any atom is 0.199 e. The van der Waals surface area contributed by atoms with E-state index in [0.29, 0.717) is 23.2 Å². The van der Waals surface area contributed by atoms with E-state index in [1.54, 1.807) is 6.07 Å². The van der Waals surface area contributed by atoms with Crippen LogP contribution in [0.3, 0.4) is 0 Å². The third kappa shape index (κ3) is 2.56. The highest BCUT2D eigenvalue weighted by Crippen LogP contribution is 2.35. The third-order valence-corrected chi connectivity index (χ3v) is 4.00. The molecule has 0 spiro atoms. The highest BCUT2D eigenvalue weighted by Gasteiger charge is 2.25. The summed E-state index contributed by atoms with van der Waals surface area (Å²) in [6.07, 6.45) is 0.673. The van der Waals surface area contributed by atoms with Gasteiger partial charge in [0.1, 0.15) is 17.4 Å². The van der Waals surface area contributed by atoms with Gasteiger partial charge in [0.05, 0.1) is 22.8 Å². The Morgan fingerprint density at radius 2 is 1.90 bits per heavy atom. The van der Waals surface area contributed by atoms with Crippen molar-refractivity contribution in [2.45, 2.75) is 6.42 Å². The minimum absolute atomic E-state index is 0.206. The van der Waals surface area contributed by atoms with Crippen molar-refractivity contribution in [1.29, 1.82) is 0 Å². The van der Waals surface area contributed by atoms with Gasteiger partial charge >= 0.3 is 0 Å². The molecule has 0 aromatic heterocycles. The highest BCUT2D eigenvalue weighted by molar-refractivity contribution is 9.10. The number of ketones is 1. The average molecular weight is 374 g/mol. The van der Waals surface area contributed by atoms with Crippen LogP contribution in [-0.4, -0.2) is 12.4 Å². The lowest BCUT2D eigenvalue weighted by Crippen LogP contribution is -2.07. The molecule has 6 heteroatoms. The molecule has 3 rings (SSSR count). The van der Waals surface area contributed by atoms with Gasteiger partial charge in [0, 0.05) is 10.9 Å². The molecule has 2 nitrogen and oxygen atoms in total. The predicted octanol–water partition coefficient (Wildman–Crippen LogP) is 4.55. The molecular formula is C15H8BrClF2O2. The first-order valence-corrected chi connectivity index (χ1v) is 7.29. The summed E-state index contributed by atoms with van der Waals surface area (Å²) in [5, 5.41) is -0.361. The first kappa shape index (κ1) is 14.5. The molecule has 1 aliphatic heterocycles. The van der Waals surface area contributed by atoms with Gasteiger partial charge in [0.2, 0.25) is 0 Å². The second-order valence-electron chi connectivity index (χ2n) is 4.62. The van der Waals surface area contributed by atoms with Crippen molar-refractivity contribution < 1.29 is 18.3 Å². The van der Waals surface area contributed by atoms with E-state index in [-0.39, 0.29) is 16.1 Å². The van der Waals surface area contributed by atoms with Crippen LogP contribution in [0.2, 0.25) is 5.02 Å². The van der Waals surface area contributed by atoms with Gasteiger partial charge in [-0.3, -0.25) is 4.79 Å². The number of fused-ring (bicyclic) bond motifs is 1. The van der Waals surface area contributed by atoms with E-state index >= 15 is 0 Å². The molecule has 1 heterocycles. The Hall–Kier alpha value is -1.46. The first-order valence-electron chi connectivity index (χ1n) is 6.12. The van der Waals surface area contributed by atoms with Gasteiger partial charge in [-0.05, 0) is 29.8 Å². The summed E-state index contributed by atoms with van der Waals surface area (Å²) < 4.78 is 33.5. The van der Waals surface area contributed by atoms with E-state index in [9.17, 15) is 13.6 Å². The summed E-state index contributed by atoms with van der Waals surface area (Å²) in [4.78, 5) is 12.5. The van der Waals surface area contributed by atoms with E-state index in [4.69, 9.17) is 16.3 Å². The smallest absolute Gasteiger partial charge is 0.199 e. The fraction of sp³-hybridized carbons (Fsp3) is 0.133. The zero-order chi connectivity index (χ0) is 15.1. The topological polar surface area (TPSA) is 26.3 Å². The standard InChI is InChI=1S/C15H8BrClF2O2/c16-8-3-7-1-2-21-15(7)10(4-8)14(20)9-5-13(19)11(17)6-12(9)18/h3-6H,1-2H2. The number of benzene rings is 2. The molecule has 0 bridgehead atoms. The van der Waals surface area contributed by atoms with Crippen molar-refractivity contribution in [3.05, 3.63) is 62.1 Å². The van der Waals surface area contributed by atoms with Gasteiger partial charge in [0.25, 0.3) is 0 Å². The second-order valence-corrected chi connectivity index (χ2v) is 5.94. The minimum atomic E-state index is -0.863. The monoisotopic (exact) mass is 372 g/mol. The maximum absolute atomic E-state index is 13.9. The zero-order valence-electron chi connectivity index (χ0n) is 10.6. The number of halogens is 4. The third-order valence-electron chi connectivity index (χ3n) is 3.25. The molecular weight excluding hydrogens is 366 g/mol. The highest BCUT2D eigenvalue weighted by atomic mass is 79.9. The lowest BCUT2D eigenvalue weighted by atomic mass is 9.99. The van der Waals surface area contributed by atoms with Gasteiger partial charge in [-0.2, -0.15) is 0 Å². The minimum Gasteiger partial charge on any atom is -0.492 e. The molecule has 2 aromatic rings. The van der Waals surface area contributed by atoms with E-state index in [1.807, 2.05) is 6.07 Å². The Morgan fingerprint density at radius 3 is 2.67 bits per heavy atom. The molecule has 2 aromatic carbocycles. The van der Waals surface area contributed by atoms with Crippen molar-refractivity contribution in [1.82, 2.24) is 0 Å². The Balaban J connectivity index is 2.14. The quantitative estimate of drug-likeness (QED) is 0.570. The van der Waals surface area contributed by atoms with E-state index < -0.39 is 17.4 Å². The Morgan fingerprint density at radius 1 is 1.14 bits per heavy atom. The molecule has 0 N–H and O–H groups in total. The lowest BCUT2D eigenvalue weighted by Gasteiger charge is -2.09. The predicted molar refractivity (Wildman–Crippen MR) is 78.1 cm³/mol. The SMILES string of the molecule is O=C(c1cc(F)c(Cl)cc1F)c1cc(Br)cc2c1OCC2. The molecule has 108 valence electrons. The number of carbonyl (C=O) groups is 1. The molecule has 0 atom stereocenters. The number of hydrogen-bond acceptors (Lipinski definition) is 2. The second kappa shape index (κ2) is 5.39. The van der Waals surface area contributed by atoms with Gasteiger partial charge in [-0.25, -0.2) is 8.78 Å². The number of rotatable bonds is 2. The van der Waals surface area contributed by atoms with Crippen LogP contribution in [0.15, 0.2) is 28.7 Å². The molecule has 0 amide bonds. The zero-order valence-corrected chi connectivity index (χ0v) is 12.9. The van der Waals surface area contributed by atoms with E-state index in [0.717, 1.165) is 17.7 Å². The van der Waals surface area contributed by atoms with Crippen LogP contribution in [0.4, 0.5) is 8.78 Å². The van der Waals surface area contributed by atoms with Crippen LogP contribution in [0.1, 0.15) is 21.5 Å². The van der Waals surface area contributed by atoms with Gasteiger partial charge < -0.3 is 4.74 Å². The van der Waals surface area contributed by atoms with Gasteiger partial charge in [-0.1, -0.05) is 27.5 Å². The Kier molecular flexibility index (Phi) is 3.71. The fourth-order valence-electron chi connectivity index (χ4n) is 2.28. The normalized spacial score (nSPS) is 13.0. The molecule has 0 aliphatic carbocycles. The van der Waals surface area contributed by atoms with Crippen molar-refractivity contribution in [3.8, 4) is 5.75 Å². The van der Waals surface area contributed by atoms with Crippen LogP contribution in [0.5, 0.6) is 5.75 Å². The number of hydrogen-bond donors (Lipinski definition) is 0. The van der Waals surface area contributed by atoms with Crippen LogP contribution >= 0.6 is 27.5 Å². The number of carbonyl (C=O) groups excluding carboxylic acids is 1. The van der Waals surface area contributed by atoms with E-state index in [1.165, 1.54) is 0 Å². The molecule has 0 saturated heterocycles. The Bertz CT molecular complexity index is 762. The first-order chi connectivity index (χ1) is 9.97. The van der Waals surface area contributed by atoms with Crippen molar-refractivity contribution in [3.63, 3.8) is 0 Å². The van der Waals surface area contributed by atoms with Gasteiger partial charge in [0.15, 0.2) is 5.78 Å². The van der Waals surface area contributed by atoms with Crippen LogP contribution < -0.4 is 4.74 Å². The molecule has 0 radical (unpaired) electrons. The van der Waals surface area contributed by atoms with Crippen LogP contribution in [0, 0.1) is 11.6 Å². The van der Waals surface area contributed by atoms with E-state index in [2.05, 4.69) is 15.9 Å². The van der Waals surface area contributed by atoms with Crippen molar-refractivity contribution >= 4 is 33.3 Å². The molecule has 1 aliphatic rings. The van der Waals surface area contributed by atoms with Crippen LogP contribution in [0.25, 0.3) is 0 Å². The van der Waals surface area contributed by atoms with Gasteiger partial charge in [-0.15, -0.1) is 0 Å². The summed E-state index contributed by atoms with van der Waals surface area (Å²) in [5.41, 5.74) is 0.702. The lowest BCUT2D eigenvalue weighted by molar-refractivity contribution is 0.103. The summed E-state index contributed by atoms with van der Waals surface area (Å²) in [6.45, 7) is 0.462. The number of ether oxygens (including phenoxy) is 1.